The minimum atomic E-state index is -1.37. The lowest BCUT2D eigenvalue weighted by atomic mass is 9.86. The molecule has 0 aliphatic carbocycles. The number of fused-ring (bicyclic) bond motifs is 1. The van der Waals surface area contributed by atoms with E-state index >= 15 is 0 Å². The van der Waals surface area contributed by atoms with Crippen molar-refractivity contribution < 1.29 is 32.6 Å². The van der Waals surface area contributed by atoms with Gasteiger partial charge in [-0.15, -0.1) is 0 Å². The number of halogens is 2. The number of esters is 1. The predicted molar refractivity (Wildman–Crippen MR) is 161 cm³/mol. The van der Waals surface area contributed by atoms with E-state index in [1.54, 1.807) is 0 Å². The highest BCUT2D eigenvalue weighted by Gasteiger charge is 2.43. The van der Waals surface area contributed by atoms with Gasteiger partial charge in [0.1, 0.15) is 6.04 Å². The van der Waals surface area contributed by atoms with Crippen LogP contribution in [0.5, 0.6) is 0 Å². The molecule has 44 heavy (non-hydrogen) atoms. The summed E-state index contributed by atoms with van der Waals surface area (Å²) >= 11 is 0. The van der Waals surface area contributed by atoms with E-state index in [1.807, 2.05) is 0 Å². The Morgan fingerprint density at radius 1 is 1.00 bits per heavy atom. The second kappa shape index (κ2) is 14.0. The molecule has 0 spiro atoms. The smallest absolute Gasteiger partial charge is 0.338 e. The van der Waals surface area contributed by atoms with Gasteiger partial charge in [-0.1, -0.05) is 48.5 Å². The van der Waals surface area contributed by atoms with Crippen LogP contribution in [0.25, 0.3) is 10.8 Å². The van der Waals surface area contributed by atoms with Gasteiger partial charge in [0.15, 0.2) is 11.6 Å². The van der Waals surface area contributed by atoms with Crippen molar-refractivity contribution in [3.8, 4) is 0 Å². The summed E-state index contributed by atoms with van der Waals surface area (Å²) < 4.78 is 38.1. The fourth-order valence-electron chi connectivity index (χ4n) is 6.14. The molecule has 0 bridgehead atoms. The minimum Gasteiger partial charge on any atom is -0.466 e. The molecule has 0 saturated carbocycles. The summed E-state index contributed by atoms with van der Waals surface area (Å²) in [6, 6.07) is 14.9. The number of benzene rings is 3. The molecule has 3 aromatic rings. The van der Waals surface area contributed by atoms with Crippen LogP contribution in [0.4, 0.5) is 18.4 Å². The number of likely N-dealkylation sites (tertiary alicyclic amines) is 1. The van der Waals surface area contributed by atoms with Crippen molar-refractivity contribution >= 4 is 28.8 Å². The van der Waals surface area contributed by atoms with E-state index in [0.717, 1.165) is 56.6 Å². The van der Waals surface area contributed by atoms with Gasteiger partial charge in [-0.05, 0) is 78.8 Å². The minimum absolute atomic E-state index is 0.0250. The summed E-state index contributed by atoms with van der Waals surface area (Å²) in [6.07, 6.45) is 2.71. The van der Waals surface area contributed by atoms with Gasteiger partial charge in [0.2, 0.25) is 0 Å². The van der Waals surface area contributed by atoms with Crippen LogP contribution in [0.1, 0.15) is 42.3 Å². The van der Waals surface area contributed by atoms with Gasteiger partial charge in [-0.2, -0.15) is 0 Å². The number of carbonyl (C=O) groups excluding carboxylic acids is 3. The first-order chi connectivity index (χ1) is 21.3. The molecule has 1 atom stereocenters. The van der Waals surface area contributed by atoms with E-state index in [-0.39, 0.29) is 30.0 Å². The van der Waals surface area contributed by atoms with Crippen molar-refractivity contribution in [1.29, 1.82) is 0 Å². The maximum Gasteiger partial charge on any atom is 0.338 e. The van der Waals surface area contributed by atoms with Crippen LogP contribution in [0.2, 0.25) is 0 Å². The molecule has 4 amide bonds. The maximum absolute atomic E-state index is 14.3. The molecule has 0 aromatic heterocycles. The van der Waals surface area contributed by atoms with E-state index in [0.29, 0.717) is 12.3 Å². The van der Waals surface area contributed by atoms with Gasteiger partial charge >= 0.3 is 18.0 Å². The standard InChI is InChI=1S/C33H36F2N4O5/c1-43-20-28-29(31(40)44-2)30(23-11-12-26(34)27(35)19-23)39(33(42)37-28)32(41)36-15-6-16-38-17-13-22(14-18-38)25-10-5-8-21-7-3-4-9-24(21)25/h3-5,7-12,19,22,30H,6,13-18,20H2,1-2H3,(H,36,41)(H,37,42). The van der Waals surface area contributed by atoms with Crippen molar-refractivity contribution in [2.75, 3.05) is 47.0 Å². The summed E-state index contributed by atoms with van der Waals surface area (Å²) in [6.45, 7) is 2.71. The molecule has 1 unspecified atom stereocenters. The number of nitrogens with zero attached hydrogens (tertiary/aromatic N) is 2. The van der Waals surface area contributed by atoms with E-state index in [2.05, 4.69) is 58.0 Å². The normalized spacial score (nSPS) is 18.0. The fourth-order valence-corrected chi connectivity index (χ4v) is 6.14. The number of hydrogen-bond donors (Lipinski definition) is 2. The van der Waals surface area contributed by atoms with Crippen LogP contribution < -0.4 is 10.6 Å². The zero-order valence-electron chi connectivity index (χ0n) is 24.8. The van der Waals surface area contributed by atoms with Crippen LogP contribution in [0.15, 0.2) is 71.9 Å². The number of methoxy groups -OCH3 is 2. The molecule has 3 aromatic carbocycles. The maximum atomic E-state index is 14.3. The quantitative estimate of drug-likeness (QED) is 0.256. The van der Waals surface area contributed by atoms with Gasteiger partial charge < -0.3 is 25.0 Å². The predicted octanol–water partition coefficient (Wildman–Crippen LogP) is 5.24. The van der Waals surface area contributed by atoms with Crippen molar-refractivity contribution in [3.63, 3.8) is 0 Å². The molecule has 11 heteroatoms. The average molecular weight is 607 g/mol. The number of hydrogen-bond acceptors (Lipinski definition) is 6. The van der Waals surface area contributed by atoms with Crippen LogP contribution in [0, 0.1) is 11.6 Å². The van der Waals surface area contributed by atoms with Crippen LogP contribution in [-0.2, 0) is 14.3 Å². The summed E-state index contributed by atoms with van der Waals surface area (Å²) in [5.41, 5.74) is 1.36. The van der Waals surface area contributed by atoms with Crippen LogP contribution in [-0.4, -0.2) is 74.8 Å². The summed E-state index contributed by atoms with van der Waals surface area (Å²) in [7, 11) is 2.51. The van der Waals surface area contributed by atoms with Gasteiger partial charge in [0, 0.05) is 13.7 Å². The Morgan fingerprint density at radius 2 is 1.75 bits per heavy atom. The van der Waals surface area contributed by atoms with Crippen molar-refractivity contribution in [2.45, 2.75) is 31.2 Å². The third kappa shape index (κ3) is 6.58. The lowest BCUT2D eigenvalue weighted by molar-refractivity contribution is -0.137. The molecule has 2 heterocycles. The third-order valence-corrected chi connectivity index (χ3v) is 8.28. The molecule has 1 fully saturated rings. The monoisotopic (exact) mass is 606 g/mol. The number of ether oxygens (including phenoxy) is 2. The molecular weight excluding hydrogens is 570 g/mol. The summed E-state index contributed by atoms with van der Waals surface area (Å²) in [5, 5.41) is 7.82. The highest BCUT2D eigenvalue weighted by Crippen LogP contribution is 2.36. The lowest BCUT2D eigenvalue weighted by Gasteiger charge is -2.36. The molecule has 0 radical (unpaired) electrons. The number of carbonyl (C=O) groups is 3. The highest BCUT2D eigenvalue weighted by molar-refractivity contribution is 6.01. The molecular formula is C33H36F2N4O5. The Kier molecular flexibility index (Phi) is 9.86. The zero-order valence-corrected chi connectivity index (χ0v) is 24.8. The first-order valence-electron chi connectivity index (χ1n) is 14.7. The number of urea groups is 2. The first-order valence-corrected chi connectivity index (χ1v) is 14.7. The molecule has 2 aliphatic rings. The second-order valence-electron chi connectivity index (χ2n) is 11.0. The molecule has 9 nitrogen and oxygen atoms in total. The topological polar surface area (TPSA) is 100 Å². The number of rotatable bonds is 9. The molecule has 232 valence electrons. The van der Waals surface area contributed by atoms with Crippen LogP contribution in [0.3, 0.4) is 0 Å². The fraction of sp³-hybridized carbons (Fsp3) is 0.364. The van der Waals surface area contributed by atoms with Crippen molar-refractivity contribution in [2.24, 2.45) is 0 Å². The molecule has 2 N–H and O–H groups in total. The summed E-state index contributed by atoms with van der Waals surface area (Å²) in [5.74, 6) is -2.65. The van der Waals surface area contributed by atoms with Gasteiger partial charge in [0.25, 0.3) is 0 Å². The highest BCUT2D eigenvalue weighted by atomic mass is 19.2. The second-order valence-corrected chi connectivity index (χ2v) is 11.0. The average Bonchev–Trinajstić information content (AvgIpc) is 3.04. The number of nitrogens with one attached hydrogen (secondary N) is 2. The lowest BCUT2D eigenvalue weighted by Crippen LogP contribution is -2.55. The number of piperidine rings is 1. The largest absolute Gasteiger partial charge is 0.466 e. The Hall–Kier alpha value is -4.35. The van der Waals surface area contributed by atoms with Crippen molar-refractivity contribution in [1.82, 2.24) is 20.4 Å². The molecule has 1 saturated heterocycles. The zero-order chi connectivity index (χ0) is 31.2. The first kappa shape index (κ1) is 31.1. The van der Waals surface area contributed by atoms with Gasteiger partial charge in [-0.3, -0.25) is 0 Å². The Balaban J connectivity index is 1.22. The Morgan fingerprint density at radius 3 is 2.48 bits per heavy atom. The van der Waals surface area contributed by atoms with Gasteiger partial charge in [0.05, 0.1) is 25.0 Å². The van der Waals surface area contributed by atoms with E-state index < -0.39 is 35.7 Å². The Labute approximate surface area is 254 Å². The third-order valence-electron chi connectivity index (χ3n) is 8.28. The number of imide groups is 1. The number of amides is 4. The SMILES string of the molecule is COCC1=C(C(=O)OC)C(c2ccc(F)c(F)c2)N(C(=O)NCCCN2CCC(c3cccc4ccccc34)CC2)C(=O)N1. The van der Waals surface area contributed by atoms with Crippen LogP contribution >= 0.6 is 0 Å². The van der Waals surface area contributed by atoms with E-state index in [4.69, 9.17) is 9.47 Å². The van der Waals surface area contributed by atoms with Crippen molar-refractivity contribution in [3.05, 3.63) is 94.7 Å². The van der Waals surface area contributed by atoms with E-state index in [9.17, 15) is 23.2 Å². The Bertz CT molecular complexity index is 1570. The van der Waals surface area contributed by atoms with E-state index in [1.165, 1.54) is 29.5 Å². The molecule has 5 rings (SSSR count). The van der Waals surface area contributed by atoms with Gasteiger partial charge in [-0.25, -0.2) is 28.1 Å². The molecule has 2 aliphatic heterocycles. The summed E-state index contributed by atoms with van der Waals surface area (Å²) in [4.78, 5) is 42.6.